The third kappa shape index (κ3) is 11.6. The van der Waals surface area contributed by atoms with Gasteiger partial charge in [-0.3, -0.25) is 0 Å². The molecule has 0 spiro atoms. The van der Waals surface area contributed by atoms with E-state index < -0.39 is 0 Å². The van der Waals surface area contributed by atoms with Gasteiger partial charge in [0.05, 0.1) is 22.4 Å². The molecule has 0 radical (unpaired) electrons. The van der Waals surface area contributed by atoms with Crippen molar-refractivity contribution in [1.29, 1.82) is 0 Å². The van der Waals surface area contributed by atoms with Crippen molar-refractivity contribution in [1.82, 2.24) is 4.57 Å². The zero-order valence-electron chi connectivity index (χ0n) is 61.8. The number of rotatable bonds is 11. The van der Waals surface area contributed by atoms with Gasteiger partial charge in [0.2, 0.25) is 0 Å². The van der Waals surface area contributed by atoms with Gasteiger partial charge in [-0.2, -0.15) is 0 Å². The van der Waals surface area contributed by atoms with Crippen LogP contribution in [0.2, 0.25) is 0 Å². The van der Waals surface area contributed by atoms with Crippen molar-refractivity contribution in [2.75, 3.05) is 9.80 Å². The largest absolute Gasteiger partial charge is 0.310 e. The van der Waals surface area contributed by atoms with E-state index in [4.69, 9.17) is 0 Å². The molecular weight excluding hydrogens is 1280 g/mol. The minimum Gasteiger partial charge on any atom is -0.310 e. The highest BCUT2D eigenvalue weighted by Gasteiger charge is 2.46. The standard InChI is InChI=1S/C102H84BN3/c1-100(2,3)79-55-76(56-80(64-79)101(4,5)6)75-50-53-90-94(63-75)106(99-86(71-41-25-14-26-42-71)60-78(68-35-19-11-20-36-68)61-87(99)72-43-27-15-28-44-72)96-66-81(102(7,8)9)65-95-97(96)103(90)89-52-49-74(73-51-54-92-88(57-73)83-47-31-32-48-91(83)104(92)82-45-29-16-30-46-82)62-93(89)105(95)98-84(69-37-21-12-22-38-69)58-77(67-33-17-10-18-34-67)59-85(98)70-39-23-13-24-40-70/h10-66H,1-9H3. The van der Waals surface area contributed by atoms with Crippen LogP contribution in [-0.4, -0.2) is 11.3 Å². The second-order valence-corrected chi connectivity index (χ2v) is 32.1. The number of nitrogens with zero attached hydrogens (tertiary/aromatic N) is 3. The lowest BCUT2D eigenvalue weighted by molar-refractivity contribution is 0.569. The summed E-state index contributed by atoms with van der Waals surface area (Å²) in [5.74, 6) is 0. The first kappa shape index (κ1) is 65.8. The molecule has 3 nitrogen and oxygen atoms in total. The van der Waals surface area contributed by atoms with E-state index in [1.807, 2.05) is 0 Å². The van der Waals surface area contributed by atoms with Gasteiger partial charge in [0.25, 0.3) is 6.71 Å². The molecule has 0 N–H and O–H groups in total. The van der Waals surface area contributed by atoms with Gasteiger partial charge in [-0.05, 0) is 195 Å². The molecule has 2 aliphatic rings. The predicted octanol–water partition coefficient (Wildman–Crippen LogP) is 26.1. The fourth-order valence-electron chi connectivity index (χ4n) is 16.6. The zero-order chi connectivity index (χ0) is 72.2. The fraction of sp³-hybridized carbons (Fsp3) is 0.118. The van der Waals surface area contributed by atoms with Crippen LogP contribution in [0.25, 0.3) is 117 Å². The SMILES string of the molecule is CC(C)(C)c1cc(-c2ccc3c(c2)N(c2c(-c4ccccc4)cc(-c4ccccc4)cc2-c2ccccc2)c2cc(C(C)(C)C)cc4c2B3c2ccc(-c3ccc5c(c3)c3ccccc3n5-c3ccccc3)cc2N4c2c(-c3ccccc3)cc(-c3ccccc3)cc2-c2ccccc2)cc(C(C)(C)C)c1. The summed E-state index contributed by atoms with van der Waals surface area (Å²) in [4.78, 5) is 5.45. The van der Waals surface area contributed by atoms with Crippen LogP contribution in [0.3, 0.4) is 0 Å². The average molecular weight is 1360 g/mol. The van der Waals surface area contributed by atoms with Crippen LogP contribution in [0, 0.1) is 0 Å². The minimum atomic E-state index is -0.336. The zero-order valence-corrected chi connectivity index (χ0v) is 61.8. The van der Waals surface area contributed by atoms with E-state index in [0.717, 1.165) is 118 Å². The highest BCUT2D eigenvalue weighted by atomic mass is 15.2. The van der Waals surface area contributed by atoms with Gasteiger partial charge in [-0.1, -0.05) is 329 Å². The molecule has 1 aromatic heterocycles. The normalized spacial score (nSPS) is 12.7. The molecule has 0 aliphatic carbocycles. The molecule has 16 aromatic rings. The van der Waals surface area contributed by atoms with Crippen molar-refractivity contribution in [2.45, 2.75) is 78.6 Å². The lowest BCUT2D eigenvalue weighted by Crippen LogP contribution is -2.61. The molecule has 18 rings (SSSR count). The summed E-state index contributed by atoms with van der Waals surface area (Å²) in [5.41, 5.74) is 35.8. The highest BCUT2D eigenvalue weighted by molar-refractivity contribution is 7.00. The Morgan fingerprint density at radius 3 is 0.953 bits per heavy atom. The molecule has 0 bridgehead atoms. The Labute approximate surface area is 625 Å². The Hall–Kier alpha value is -12.2. The Balaban J connectivity index is 1.00. The molecule has 4 heteroatoms. The molecule has 0 amide bonds. The molecular formula is C102H84BN3. The number of aromatic nitrogens is 1. The Morgan fingerprint density at radius 2 is 0.547 bits per heavy atom. The number of hydrogen-bond donors (Lipinski definition) is 0. The average Bonchev–Trinajstić information content (AvgIpc) is 0.829. The van der Waals surface area contributed by atoms with Crippen LogP contribution in [0.15, 0.2) is 346 Å². The van der Waals surface area contributed by atoms with Crippen molar-refractivity contribution in [3.63, 3.8) is 0 Å². The van der Waals surface area contributed by atoms with Gasteiger partial charge < -0.3 is 14.4 Å². The summed E-state index contributed by atoms with van der Waals surface area (Å²) in [6, 6.07) is 131. The van der Waals surface area contributed by atoms with Crippen LogP contribution < -0.4 is 26.2 Å². The monoisotopic (exact) mass is 1360 g/mol. The van der Waals surface area contributed by atoms with Crippen molar-refractivity contribution in [3.8, 4) is 94.7 Å². The summed E-state index contributed by atoms with van der Waals surface area (Å²) >= 11 is 0. The van der Waals surface area contributed by atoms with Gasteiger partial charge in [0, 0.05) is 61.5 Å². The quantitative estimate of drug-likeness (QED) is 0.120. The first-order valence-corrected chi connectivity index (χ1v) is 37.5. The van der Waals surface area contributed by atoms with Gasteiger partial charge in [-0.15, -0.1) is 0 Å². The van der Waals surface area contributed by atoms with Crippen molar-refractivity contribution >= 4 is 79.0 Å². The molecule has 0 unspecified atom stereocenters. The Bertz CT molecular complexity index is 5890. The van der Waals surface area contributed by atoms with Crippen LogP contribution in [-0.2, 0) is 16.2 Å². The van der Waals surface area contributed by atoms with Crippen molar-refractivity contribution in [2.24, 2.45) is 0 Å². The lowest BCUT2D eigenvalue weighted by atomic mass is 9.33. The fourth-order valence-corrected chi connectivity index (χ4v) is 16.6. The van der Waals surface area contributed by atoms with E-state index in [0.29, 0.717) is 0 Å². The van der Waals surface area contributed by atoms with Gasteiger partial charge in [-0.25, -0.2) is 0 Å². The van der Waals surface area contributed by atoms with Crippen LogP contribution >= 0.6 is 0 Å². The summed E-state index contributed by atoms with van der Waals surface area (Å²) in [6.07, 6.45) is 0. The topological polar surface area (TPSA) is 11.4 Å². The second-order valence-electron chi connectivity index (χ2n) is 32.1. The summed E-state index contributed by atoms with van der Waals surface area (Å²) in [5, 5.41) is 2.44. The molecule has 2 aliphatic heterocycles. The molecule has 15 aromatic carbocycles. The summed E-state index contributed by atoms with van der Waals surface area (Å²) in [6.45, 7) is 21.1. The maximum Gasteiger partial charge on any atom is 0.252 e. The van der Waals surface area contributed by atoms with Gasteiger partial charge >= 0.3 is 0 Å². The van der Waals surface area contributed by atoms with E-state index in [2.05, 4.69) is 422 Å². The van der Waals surface area contributed by atoms with Crippen LogP contribution in [0.5, 0.6) is 0 Å². The number of benzene rings is 15. The van der Waals surface area contributed by atoms with Gasteiger partial charge in [0.15, 0.2) is 0 Å². The minimum absolute atomic E-state index is 0.101. The summed E-state index contributed by atoms with van der Waals surface area (Å²) < 4.78 is 2.42. The molecule has 106 heavy (non-hydrogen) atoms. The molecule has 3 heterocycles. The lowest BCUT2D eigenvalue weighted by Gasteiger charge is -2.46. The first-order chi connectivity index (χ1) is 51.5. The number of fused-ring (bicyclic) bond motifs is 7. The molecule has 510 valence electrons. The van der Waals surface area contributed by atoms with Crippen molar-refractivity contribution < 1.29 is 0 Å². The molecule has 0 saturated carbocycles. The maximum atomic E-state index is 2.73. The maximum absolute atomic E-state index is 2.73. The van der Waals surface area contributed by atoms with E-state index in [1.165, 1.54) is 66.0 Å². The van der Waals surface area contributed by atoms with E-state index in [1.54, 1.807) is 0 Å². The highest BCUT2D eigenvalue weighted by Crippen LogP contribution is 2.56. The number of para-hydroxylation sites is 2. The molecule has 0 atom stereocenters. The predicted molar refractivity (Wildman–Crippen MR) is 454 cm³/mol. The smallest absolute Gasteiger partial charge is 0.252 e. The van der Waals surface area contributed by atoms with Crippen molar-refractivity contribution in [3.05, 3.63) is 362 Å². The molecule has 0 saturated heterocycles. The number of hydrogen-bond acceptors (Lipinski definition) is 2. The third-order valence-corrected chi connectivity index (χ3v) is 22.2. The van der Waals surface area contributed by atoms with Gasteiger partial charge in [0.1, 0.15) is 0 Å². The third-order valence-electron chi connectivity index (χ3n) is 22.2. The summed E-state index contributed by atoms with van der Waals surface area (Å²) in [7, 11) is 0. The Morgan fingerprint density at radius 1 is 0.226 bits per heavy atom. The van der Waals surface area contributed by atoms with E-state index >= 15 is 0 Å². The van der Waals surface area contributed by atoms with Crippen LogP contribution in [0.1, 0.15) is 79.0 Å². The van der Waals surface area contributed by atoms with E-state index in [-0.39, 0.29) is 23.0 Å². The first-order valence-electron chi connectivity index (χ1n) is 37.5. The van der Waals surface area contributed by atoms with Crippen LogP contribution in [0.4, 0.5) is 34.1 Å². The Kier molecular flexibility index (Phi) is 16.1. The molecule has 0 fully saturated rings. The number of anilines is 6. The van der Waals surface area contributed by atoms with E-state index in [9.17, 15) is 0 Å². The second kappa shape index (κ2) is 25.9.